The zero-order valence-electron chi connectivity index (χ0n) is 20.5. The van der Waals surface area contributed by atoms with Crippen LogP contribution in [0.4, 0.5) is 4.79 Å². The molecule has 4 amide bonds. The Morgan fingerprint density at radius 3 is 2.40 bits per heavy atom. The van der Waals surface area contributed by atoms with E-state index in [-0.39, 0.29) is 54.3 Å². The molecule has 10 heteroatoms. The number of nitrogens with zero attached hydrogens (tertiary/aromatic N) is 3. The fourth-order valence-corrected chi connectivity index (χ4v) is 5.89. The Morgan fingerprint density at radius 2 is 1.77 bits per heavy atom. The van der Waals surface area contributed by atoms with Crippen LogP contribution in [-0.2, 0) is 20.9 Å². The van der Waals surface area contributed by atoms with E-state index in [0.29, 0.717) is 24.2 Å². The van der Waals surface area contributed by atoms with E-state index in [1.807, 2.05) is 20.8 Å². The smallest absolute Gasteiger partial charge is 0.410 e. The minimum Gasteiger partial charge on any atom is -0.444 e. The van der Waals surface area contributed by atoms with Crippen LogP contribution in [-0.4, -0.2) is 62.9 Å². The Balaban J connectivity index is 1.23. The van der Waals surface area contributed by atoms with Crippen LogP contribution in [0.15, 0.2) is 17.1 Å². The summed E-state index contributed by atoms with van der Waals surface area (Å²) in [6.07, 6.45) is 5.36. The molecule has 1 spiro atoms. The van der Waals surface area contributed by atoms with E-state index in [1.54, 1.807) is 21.7 Å². The van der Waals surface area contributed by atoms with Crippen LogP contribution in [0.3, 0.4) is 0 Å². The molecular weight excluding hydrogens is 452 g/mol. The van der Waals surface area contributed by atoms with Gasteiger partial charge in [-0.2, -0.15) is 0 Å². The van der Waals surface area contributed by atoms with E-state index >= 15 is 0 Å². The average molecular weight is 485 g/mol. The topological polar surface area (TPSA) is 118 Å². The van der Waals surface area contributed by atoms with Gasteiger partial charge in [0.05, 0.1) is 12.1 Å². The van der Waals surface area contributed by atoms with E-state index in [4.69, 9.17) is 4.74 Å². The number of piperidine rings is 1. The van der Waals surface area contributed by atoms with Gasteiger partial charge in [-0.05, 0) is 58.9 Å². The van der Waals surface area contributed by atoms with Crippen molar-refractivity contribution in [3.63, 3.8) is 0 Å². The summed E-state index contributed by atoms with van der Waals surface area (Å²) < 4.78 is 7.20. The van der Waals surface area contributed by atoms with Gasteiger partial charge in [0.15, 0.2) is 0 Å². The Hall–Kier alpha value is -3.17. The van der Waals surface area contributed by atoms with Crippen molar-refractivity contribution in [3.8, 4) is 0 Å². The quantitative estimate of drug-likeness (QED) is 0.641. The number of amides is 4. The number of hydrogen-bond donors (Lipinski definition) is 1. The second kappa shape index (κ2) is 8.20. The van der Waals surface area contributed by atoms with Crippen LogP contribution in [0.25, 0.3) is 0 Å². The predicted octanol–water partition coefficient (Wildman–Crippen LogP) is 1.96. The lowest BCUT2D eigenvalue weighted by atomic mass is 9.67. The van der Waals surface area contributed by atoms with E-state index in [1.165, 1.54) is 4.90 Å². The van der Waals surface area contributed by atoms with Crippen LogP contribution in [0.2, 0.25) is 0 Å². The first-order valence-corrected chi connectivity index (χ1v) is 12.3. The number of aromatic nitrogens is 1. The molecule has 35 heavy (non-hydrogen) atoms. The molecule has 2 saturated heterocycles. The van der Waals surface area contributed by atoms with Crippen molar-refractivity contribution in [2.24, 2.45) is 5.41 Å². The number of hydrogen-bond acceptors (Lipinski definition) is 6. The lowest BCUT2D eigenvalue weighted by molar-refractivity contribution is -0.136. The fraction of sp³-hybridized carbons (Fsp3) is 0.640. The van der Waals surface area contributed by atoms with E-state index in [0.717, 1.165) is 25.7 Å². The highest BCUT2D eigenvalue weighted by Gasteiger charge is 2.48. The number of carbonyl (C=O) groups is 4. The molecule has 0 radical (unpaired) electrons. The summed E-state index contributed by atoms with van der Waals surface area (Å²) in [7, 11) is 0. The van der Waals surface area contributed by atoms with Crippen molar-refractivity contribution in [3.05, 3.63) is 33.7 Å². The second-order valence-corrected chi connectivity index (χ2v) is 11.4. The first-order chi connectivity index (χ1) is 16.5. The number of ether oxygens (including phenoxy) is 1. The highest BCUT2D eigenvalue weighted by molar-refractivity contribution is 6.05. The van der Waals surface area contributed by atoms with E-state index < -0.39 is 17.6 Å². The van der Waals surface area contributed by atoms with Crippen LogP contribution >= 0.6 is 0 Å². The average Bonchev–Trinajstić information content (AvgIpc) is 3.08. The van der Waals surface area contributed by atoms with E-state index in [9.17, 15) is 24.0 Å². The van der Waals surface area contributed by atoms with Crippen molar-refractivity contribution in [1.82, 2.24) is 19.7 Å². The minimum atomic E-state index is -0.735. The zero-order valence-corrected chi connectivity index (χ0v) is 20.5. The summed E-state index contributed by atoms with van der Waals surface area (Å²) >= 11 is 0. The van der Waals surface area contributed by atoms with Gasteiger partial charge >= 0.3 is 6.09 Å². The van der Waals surface area contributed by atoms with Gasteiger partial charge in [0.2, 0.25) is 11.8 Å². The van der Waals surface area contributed by atoms with Gasteiger partial charge in [0.25, 0.3) is 11.5 Å². The van der Waals surface area contributed by atoms with Gasteiger partial charge in [0.1, 0.15) is 11.6 Å². The first-order valence-electron chi connectivity index (χ1n) is 12.3. The third kappa shape index (κ3) is 4.23. The molecule has 1 unspecified atom stereocenters. The zero-order chi connectivity index (χ0) is 25.1. The maximum absolute atomic E-state index is 13.3. The van der Waals surface area contributed by atoms with Crippen molar-refractivity contribution in [1.29, 1.82) is 0 Å². The van der Waals surface area contributed by atoms with Gasteiger partial charge < -0.3 is 19.1 Å². The Kier molecular flexibility index (Phi) is 5.52. The molecule has 0 aromatic carbocycles. The van der Waals surface area contributed by atoms with Gasteiger partial charge in [-0.15, -0.1) is 0 Å². The molecule has 10 nitrogen and oxygen atoms in total. The third-order valence-corrected chi connectivity index (χ3v) is 7.74. The third-order valence-electron chi connectivity index (χ3n) is 7.74. The van der Waals surface area contributed by atoms with Gasteiger partial charge in [-0.25, -0.2) is 4.79 Å². The second-order valence-electron chi connectivity index (χ2n) is 11.4. The number of likely N-dealkylation sites (tertiary alicyclic amines) is 1. The number of imide groups is 1. The molecule has 0 bridgehead atoms. The van der Waals surface area contributed by atoms with Crippen LogP contribution in [0, 0.1) is 5.41 Å². The first kappa shape index (κ1) is 23.6. The molecule has 4 aliphatic rings. The largest absolute Gasteiger partial charge is 0.444 e. The summed E-state index contributed by atoms with van der Waals surface area (Å²) in [6, 6.07) is 0.985. The number of rotatable bonds is 2. The van der Waals surface area contributed by atoms with Crippen molar-refractivity contribution in [2.75, 3.05) is 13.1 Å². The normalized spacial score (nSPS) is 24.3. The molecule has 4 heterocycles. The molecule has 1 saturated carbocycles. The van der Waals surface area contributed by atoms with Crippen molar-refractivity contribution < 1.29 is 23.9 Å². The molecule has 5 rings (SSSR count). The predicted molar refractivity (Wildman–Crippen MR) is 124 cm³/mol. The highest BCUT2D eigenvalue weighted by Crippen LogP contribution is 2.47. The maximum atomic E-state index is 13.3. The molecule has 1 aromatic rings. The lowest BCUT2D eigenvalue weighted by Crippen LogP contribution is -2.60. The van der Waals surface area contributed by atoms with Crippen molar-refractivity contribution >= 4 is 23.8 Å². The Labute approximate surface area is 203 Å². The molecule has 1 atom stereocenters. The molecule has 1 N–H and O–H groups in total. The van der Waals surface area contributed by atoms with Crippen LogP contribution in [0.1, 0.15) is 81.3 Å². The van der Waals surface area contributed by atoms with Gasteiger partial charge in [-0.1, -0.05) is 0 Å². The van der Waals surface area contributed by atoms with Crippen molar-refractivity contribution in [2.45, 2.75) is 83.5 Å². The number of carbonyl (C=O) groups excluding carboxylic acids is 4. The van der Waals surface area contributed by atoms with Gasteiger partial charge in [-0.3, -0.25) is 24.5 Å². The standard InChI is InChI=1S/C25H32N4O6/c1-24(2,3)35-23(34)27-13-25(14-27)9-6-15(7-10-25)28-11-8-16-17(22(28)33)12-29(21(16)32)18-4-5-19(30)26-20(18)31/h8,11,15,18H,4-7,9-10,12-14H2,1-3H3,(H,26,30,31). The molecular formula is C25H32N4O6. The van der Waals surface area contributed by atoms with E-state index in [2.05, 4.69) is 5.32 Å². The van der Waals surface area contributed by atoms with Crippen LogP contribution in [0.5, 0.6) is 0 Å². The molecule has 188 valence electrons. The number of nitrogens with one attached hydrogen (secondary N) is 1. The summed E-state index contributed by atoms with van der Waals surface area (Å²) in [5, 5.41) is 2.28. The van der Waals surface area contributed by atoms with Gasteiger partial charge in [0, 0.05) is 42.7 Å². The number of fused-ring (bicyclic) bond motifs is 1. The summed E-state index contributed by atoms with van der Waals surface area (Å²) in [6.45, 7) is 7.03. The minimum absolute atomic E-state index is 0.0359. The summed E-state index contributed by atoms with van der Waals surface area (Å²) in [5.74, 6) is -1.16. The highest BCUT2D eigenvalue weighted by atomic mass is 16.6. The molecule has 3 fully saturated rings. The molecule has 1 aliphatic carbocycles. The maximum Gasteiger partial charge on any atom is 0.410 e. The lowest BCUT2D eigenvalue weighted by Gasteiger charge is -2.53. The molecule has 1 aromatic heterocycles. The fourth-order valence-electron chi connectivity index (χ4n) is 5.89. The SMILES string of the molecule is CC(C)(C)OC(=O)N1CC2(CCC(n3ccc4c(c3=O)CN(C3CCC(=O)NC3=O)C4=O)CC2)C1. The summed E-state index contributed by atoms with van der Waals surface area (Å²) in [5.41, 5.74) is 0.154. The van der Waals surface area contributed by atoms with Crippen LogP contribution < -0.4 is 10.9 Å². The monoisotopic (exact) mass is 484 g/mol. The number of pyridine rings is 1. The molecule has 3 aliphatic heterocycles. The Morgan fingerprint density at radius 1 is 1.09 bits per heavy atom. The Bertz CT molecular complexity index is 1150. The summed E-state index contributed by atoms with van der Waals surface area (Å²) in [4.78, 5) is 65.5.